The van der Waals surface area contributed by atoms with Gasteiger partial charge in [-0.15, -0.1) is 0 Å². The molecule has 4 heteroatoms. The van der Waals surface area contributed by atoms with Gasteiger partial charge in [-0.25, -0.2) is 0 Å². The van der Waals surface area contributed by atoms with E-state index in [0.29, 0.717) is 5.95 Å². The molecule has 112 valence electrons. The van der Waals surface area contributed by atoms with Gasteiger partial charge in [0.1, 0.15) is 5.75 Å². The number of rotatable bonds is 6. The van der Waals surface area contributed by atoms with Gasteiger partial charge in [0.25, 0.3) is 5.95 Å². The Kier molecular flexibility index (Phi) is 5.37. The molecule has 0 unspecified atom stereocenters. The number of benzene rings is 2. The van der Waals surface area contributed by atoms with E-state index in [4.69, 9.17) is 9.16 Å². The van der Waals surface area contributed by atoms with Crippen molar-refractivity contribution in [1.29, 1.82) is 0 Å². The molecule has 2 nitrogen and oxygen atoms in total. The quantitative estimate of drug-likeness (QED) is 0.533. The van der Waals surface area contributed by atoms with E-state index in [9.17, 15) is 0 Å². The van der Waals surface area contributed by atoms with Crippen LogP contribution in [0.15, 0.2) is 54.5 Å². The highest BCUT2D eigenvalue weighted by atomic mass is 32.2. The number of ether oxygens (including phenoxy) is 1. The van der Waals surface area contributed by atoms with E-state index in [-0.39, 0.29) is 0 Å². The zero-order valence-corrected chi connectivity index (χ0v) is 14.9. The third kappa shape index (κ3) is 5.14. The van der Waals surface area contributed by atoms with E-state index in [0.717, 1.165) is 11.5 Å². The summed E-state index contributed by atoms with van der Waals surface area (Å²) in [5.74, 6) is 2.33. The Labute approximate surface area is 132 Å². The first-order valence-corrected chi connectivity index (χ1v) is 11.8. The SMILES string of the molecule is CSC/C=C(/Oc1ccc2ccccc2c1)O[Si](C)(C)C. The van der Waals surface area contributed by atoms with Gasteiger partial charge < -0.3 is 9.16 Å². The summed E-state index contributed by atoms with van der Waals surface area (Å²) in [6.45, 7) is 6.47. The standard InChI is InChI=1S/C17H22O2SSi/c1-20-12-11-17(19-21(2,3)4)18-16-10-9-14-7-5-6-8-15(14)13-16/h5-11,13H,12H2,1-4H3/b17-11-. The van der Waals surface area contributed by atoms with Crippen LogP contribution in [0.4, 0.5) is 0 Å². The van der Waals surface area contributed by atoms with Gasteiger partial charge >= 0.3 is 0 Å². The van der Waals surface area contributed by atoms with E-state index in [1.807, 2.05) is 24.3 Å². The van der Waals surface area contributed by atoms with Crippen LogP contribution in [0.25, 0.3) is 10.8 Å². The van der Waals surface area contributed by atoms with E-state index in [1.54, 1.807) is 11.8 Å². The minimum atomic E-state index is -1.68. The molecule has 0 bridgehead atoms. The molecule has 2 aromatic rings. The third-order valence-electron chi connectivity index (χ3n) is 2.76. The van der Waals surface area contributed by atoms with Crippen molar-refractivity contribution >= 4 is 30.9 Å². The van der Waals surface area contributed by atoms with Gasteiger partial charge in [-0.2, -0.15) is 11.8 Å². The van der Waals surface area contributed by atoms with Crippen molar-refractivity contribution in [3.05, 3.63) is 54.5 Å². The largest absolute Gasteiger partial charge is 0.520 e. The molecule has 0 aliphatic rings. The van der Waals surface area contributed by atoms with E-state index in [1.165, 1.54) is 10.8 Å². The summed E-state index contributed by atoms with van der Waals surface area (Å²) < 4.78 is 12.0. The lowest BCUT2D eigenvalue weighted by molar-refractivity contribution is 0.221. The molecule has 2 rings (SSSR count). The van der Waals surface area contributed by atoms with Crippen molar-refractivity contribution < 1.29 is 9.16 Å². The Hall–Kier alpha value is -1.39. The van der Waals surface area contributed by atoms with Crippen molar-refractivity contribution in [3.8, 4) is 5.75 Å². The molecular weight excluding hydrogens is 296 g/mol. The fourth-order valence-corrected chi connectivity index (χ4v) is 2.94. The Morgan fingerprint density at radius 2 is 1.81 bits per heavy atom. The predicted molar refractivity (Wildman–Crippen MR) is 95.5 cm³/mol. The van der Waals surface area contributed by atoms with E-state index in [2.05, 4.69) is 50.2 Å². The highest BCUT2D eigenvalue weighted by molar-refractivity contribution is 7.98. The van der Waals surface area contributed by atoms with Crippen molar-refractivity contribution in [2.75, 3.05) is 12.0 Å². The molecule has 0 N–H and O–H groups in total. The number of hydrogen-bond donors (Lipinski definition) is 0. The smallest absolute Gasteiger partial charge is 0.267 e. The normalized spacial score (nSPS) is 12.5. The molecule has 0 heterocycles. The molecule has 2 aromatic carbocycles. The average molecular weight is 319 g/mol. The first-order valence-electron chi connectivity index (χ1n) is 7.03. The Bertz CT molecular complexity index is 632. The van der Waals surface area contributed by atoms with Crippen LogP contribution >= 0.6 is 11.8 Å². The molecule has 0 radical (unpaired) electrons. The molecular formula is C17H22O2SSi. The van der Waals surface area contributed by atoms with Gasteiger partial charge in [-0.3, -0.25) is 0 Å². The fraction of sp³-hybridized carbons (Fsp3) is 0.294. The first kappa shape index (κ1) is 16.0. The molecule has 21 heavy (non-hydrogen) atoms. The summed E-state index contributed by atoms with van der Waals surface area (Å²) in [6, 6.07) is 14.4. The molecule has 0 amide bonds. The lowest BCUT2D eigenvalue weighted by Gasteiger charge is -2.21. The number of hydrogen-bond acceptors (Lipinski definition) is 3. The highest BCUT2D eigenvalue weighted by Gasteiger charge is 2.19. The second kappa shape index (κ2) is 7.05. The monoisotopic (exact) mass is 318 g/mol. The molecule has 0 fully saturated rings. The summed E-state index contributed by atoms with van der Waals surface area (Å²) in [6.07, 6.45) is 4.08. The summed E-state index contributed by atoms with van der Waals surface area (Å²) in [4.78, 5) is 0. The van der Waals surface area contributed by atoms with Gasteiger partial charge in [-0.05, 0) is 48.8 Å². The molecule has 0 saturated carbocycles. The fourth-order valence-electron chi connectivity index (χ4n) is 1.90. The van der Waals surface area contributed by atoms with Gasteiger partial charge in [0.2, 0.25) is 8.32 Å². The van der Waals surface area contributed by atoms with Crippen LogP contribution in [0.3, 0.4) is 0 Å². The Morgan fingerprint density at radius 3 is 2.48 bits per heavy atom. The molecule has 0 atom stereocenters. The Morgan fingerprint density at radius 1 is 1.10 bits per heavy atom. The topological polar surface area (TPSA) is 18.5 Å². The molecule has 0 aliphatic carbocycles. The predicted octanol–water partition coefficient (Wildman–Crippen LogP) is 5.27. The lowest BCUT2D eigenvalue weighted by atomic mass is 10.1. The highest BCUT2D eigenvalue weighted by Crippen LogP contribution is 2.23. The van der Waals surface area contributed by atoms with Crippen LogP contribution in [0.2, 0.25) is 19.6 Å². The van der Waals surface area contributed by atoms with Crippen LogP contribution in [0.5, 0.6) is 5.75 Å². The maximum Gasteiger partial charge on any atom is 0.267 e. The summed E-state index contributed by atoms with van der Waals surface area (Å²) >= 11 is 1.75. The van der Waals surface area contributed by atoms with Crippen LogP contribution in [0, 0.1) is 0 Å². The van der Waals surface area contributed by atoms with Crippen LogP contribution < -0.4 is 4.74 Å². The zero-order chi connectivity index (χ0) is 15.3. The summed E-state index contributed by atoms with van der Waals surface area (Å²) in [7, 11) is -1.68. The second-order valence-electron chi connectivity index (χ2n) is 5.80. The summed E-state index contributed by atoms with van der Waals surface area (Å²) in [5, 5.41) is 2.39. The molecule has 0 saturated heterocycles. The maximum atomic E-state index is 6.02. The van der Waals surface area contributed by atoms with Crippen molar-refractivity contribution in [1.82, 2.24) is 0 Å². The second-order valence-corrected chi connectivity index (χ2v) is 11.1. The molecule has 0 spiro atoms. The Balaban J connectivity index is 2.21. The van der Waals surface area contributed by atoms with Gasteiger partial charge in [0.15, 0.2) is 0 Å². The first-order chi connectivity index (χ1) is 9.98. The minimum absolute atomic E-state index is 0.624. The van der Waals surface area contributed by atoms with Gasteiger partial charge in [-0.1, -0.05) is 30.3 Å². The minimum Gasteiger partial charge on any atom is -0.520 e. The molecule has 0 aromatic heterocycles. The molecule has 0 aliphatic heterocycles. The number of thioether (sulfide) groups is 1. The van der Waals surface area contributed by atoms with Gasteiger partial charge in [0.05, 0.1) is 0 Å². The third-order valence-corrected chi connectivity index (χ3v) is 4.08. The lowest BCUT2D eigenvalue weighted by Crippen LogP contribution is -2.26. The maximum absolute atomic E-state index is 6.02. The van der Waals surface area contributed by atoms with E-state index >= 15 is 0 Å². The van der Waals surface area contributed by atoms with Crippen LogP contribution in [-0.4, -0.2) is 20.3 Å². The average Bonchev–Trinajstić information content (AvgIpc) is 2.43. The zero-order valence-electron chi connectivity index (χ0n) is 13.1. The van der Waals surface area contributed by atoms with Crippen molar-refractivity contribution in [2.24, 2.45) is 0 Å². The van der Waals surface area contributed by atoms with Crippen LogP contribution in [-0.2, 0) is 4.43 Å². The van der Waals surface area contributed by atoms with E-state index < -0.39 is 8.32 Å². The number of fused-ring (bicyclic) bond motifs is 1. The van der Waals surface area contributed by atoms with Crippen LogP contribution in [0.1, 0.15) is 0 Å². The summed E-state index contributed by atoms with van der Waals surface area (Å²) in [5.41, 5.74) is 0. The van der Waals surface area contributed by atoms with Gasteiger partial charge in [0, 0.05) is 11.8 Å². The van der Waals surface area contributed by atoms with Crippen molar-refractivity contribution in [2.45, 2.75) is 19.6 Å². The van der Waals surface area contributed by atoms with Crippen molar-refractivity contribution in [3.63, 3.8) is 0 Å².